The minimum absolute atomic E-state index is 0.0539. The SMILES string of the molecule is COC(=O)CCC(=O)c1cc2ccc1CCCCc1ccc(cc1)CCCC2. The average Bonchev–Trinajstić information content (AvgIpc) is 2.72. The Morgan fingerprint density at radius 3 is 1.89 bits per heavy atom. The summed E-state index contributed by atoms with van der Waals surface area (Å²) in [4.78, 5) is 24.2. The molecular weight excluding hydrogens is 348 g/mol. The van der Waals surface area contributed by atoms with Crippen LogP contribution in [0.25, 0.3) is 0 Å². The van der Waals surface area contributed by atoms with Gasteiger partial charge in [-0.2, -0.15) is 0 Å². The van der Waals surface area contributed by atoms with Crippen molar-refractivity contribution in [3.05, 3.63) is 70.3 Å². The first-order chi connectivity index (χ1) is 13.7. The van der Waals surface area contributed by atoms with Gasteiger partial charge < -0.3 is 4.74 Å². The molecule has 0 radical (unpaired) electrons. The predicted molar refractivity (Wildman–Crippen MR) is 112 cm³/mol. The Bertz CT molecular complexity index is 805. The molecule has 4 bridgehead atoms. The number of ether oxygens (including phenoxy) is 1. The topological polar surface area (TPSA) is 43.4 Å². The van der Waals surface area contributed by atoms with E-state index in [-0.39, 0.29) is 24.6 Å². The van der Waals surface area contributed by atoms with Gasteiger partial charge >= 0.3 is 5.97 Å². The van der Waals surface area contributed by atoms with Gasteiger partial charge in [-0.05, 0) is 79.7 Å². The van der Waals surface area contributed by atoms with Crippen molar-refractivity contribution < 1.29 is 14.3 Å². The molecule has 3 heteroatoms. The molecule has 4 aliphatic rings. The largest absolute Gasteiger partial charge is 0.469 e. The highest BCUT2D eigenvalue weighted by atomic mass is 16.5. The van der Waals surface area contributed by atoms with Crippen LogP contribution >= 0.6 is 0 Å². The Balaban J connectivity index is 1.75. The van der Waals surface area contributed by atoms with Gasteiger partial charge in [-0.1, -0.05) is 36.4 Å². The van der Waals surface area contributed by atoms with Crippen LogP contribution in [0.5, 0.6) is 0 Å². The predicted octanol–water partition coefficient (Wildman–Crippen LogP) is 5.27. The zero-order chi connectivity index (χ0) is 19.8. The van der Waals surface area contributed by atoms with Crippen LogP contribution < -0.4 is 0 Å². The maximum Gasteiger partial charge on any atom is 0.305 e. The van der Waals surface area contributed by atoms with Crippen molar-refractivity contribution >= 4 is 11.8 Å². The van der Waals surface area contributed by atoms with E-state index in [0.29, 0.717) is 0 Å². The van der Waals surface area contributed by atoms with Crippen molar-refractivity contribution in [1.82, 2.24) is 0 Å². The molecule has 148 valence electrons. The van der Waals surface area contributed by atoms with Gasteiger partial charge in [0.25, 0.3) is 0 Å². The molecule has 2 aromatic rings. The Labute approximate surface area is 168 Å². The minimum Gasteiger partial charge on any atom is -0.469 e. The summed E-state index contributed by atoms with van der Waals surface area (Å²) in [5.41, 5.74) is 5.93. The number of ketones is 1. The molecule has 4 aliphatic carbocycles. The molecule has 0 N–H and O–H groups in total. The zero-order valence-electron chi connectivity index (χ0n) is 16.8. The van der Waals surface area contributed by atoms with Crippen molar-refractivity contribution in [1.29, 1.82) is 0 Å². The highest BCUT2D eigenvalue weighted by molar-refractivity contribution is 5.99. The van der Waals surface area contributed by atoms with E-state index in [0.717, 1.165) is 62.5 Å². The van der Waals surface area contributed by atoms with E-state index in [9.17, 15) is 9.59 Å². The lowest BCUT2D eigenvalue weighted by Crippen LogP contribution is -2.09. The summed E-state index contributed by atoms with van der Waals surface area (Å²) in [6.07, 6.45) is 8.84. The minimum atomic E-state index is -0.328. The summed E-state index contributed by atoms with van der Waals surface area (Å²) in [6.45, 7) is 0. The summed E-state index contributed by atoms with van der Waals surface area (Å²) >= 11 is 0. The second-order valence-electron chi connectivity index (χ2n) is 7.72. The number of benzene rings is 2. The first-order valence-corrected chi connectivity index (χ1v) is 10.5. The molecule has 0 amide bonds. The number of Topliss-reactive ketones (excluding diaryl/α,β-unsaturated/α-hetero) is 1. The first kappa shape index (κ1) is 20.3. The molecule has 0 fully saturated rings. The van der Waals surface area contributed by atoms with Crippen molar-refractivity contribution in [2.24, 2.45) is 0 Å². The van der Waals surface area contributed by atoms with Crippen molar-refractivity contribution in [2.45, 2.75) is 64.2 Å². The van der Waals surface area contributed by atoms with Gasteiger partial charge in [-0.15, -0.1) is 0 Å². The molecule has 0 aliphatic heterocycles. The number of carbonyl (C=O) groups is 2. The van der Waals surface area contributed by atoms with Crippen molar-refractivity contribution in [3.8, 4) is 0 Å². The van der Waals surface area contributed by atoms with Crippen LogP contribution in [0.15, 0.2) is 42.5 Å². The van der Waals surface area contributed by atoms with Crippen LogP contribution in [0.3, 0.4) is 0 Å². The molecule has 6 rings (SSSR count). The van der Waals surface area contributed by atoms with E-state index in [1.54, 1.807) is 0 Å². The van der Waals surface area contributed by atoms with Crippen LogP contribution in [0.4, 0.5) is 0 Å². The lowest BCUT2D eigenvalue weighted by atomic mass is 9.92. The standard InChI is InChI=1S/C25H30O3/c1-28-25(27)17-16-24(26)23-18-21-8-3-2-6-19-10-12-20(13-11-19)7-4-5-9-22(23)15-14-21/h10-15,18H,2-9,16-17H2,1H3. The van der Waals surface area contributed by atoms with Gasteiger partial charge in [0.2, 0.25) is 0 Å². The third-order valence-corrected chi connectivity index (χ3v) is 5.62. The maximum atomic E-state index is 12.8. The number of aryl methyl sites for hydroxylation is 4. The van der Waals surface area contributed by atoms with E-state index in [1.165, 1.54) is 23.8 Å². The summed E-state index contributed by atoms with van der Waals surface area (Å²) in [7, 11) is 1.36. The van der Waals surface area contributed by atoms with Crippen LogP contribution in [-0.4, -0.2) is 18.9 Å². The average molecular weight is 379 g/mol. The van der Waals surface area contributed by atoms with E-state index in [1.807, 2.05) is 0 Å². The van der Waals surface area contributed by atoms with Gasteiger partial charge in [-0.3, -0.25) is 9.59 Å². The van der Waals surface area contributed by atoms with E-state index < -0.39 is 0 Å². The summed E-state index contributed by atoms with van der Waals surface area (Å²) in [5, 5.41) is 0. The van der Waals surface area contributed by atoms with Crippen LogP contribution in [-0.2, 0) is 35.2 Å². The highest BCUT2D eigenvalue weighted by Crippen LogP contribution is 2.21. The second kappa shape index (κ2) is 10.2. The summed E-state index contributed by atoms with van der Waals surface area (Å²) in [5.74, 6) is -0.274. The quantitative estimate of drug-likeness (QED) is 0.538. The molecule has 0 atom stereocenters. The van der Waals surface area contributed by atoms with Gasteiger partial charge in [-0.25, -0.2) is 0 Å². The van der Waals surface area contributed by atoms with Gasteiger partial charge in [0.05, 0.1) is 13.5 Å². The number of esters is 1. The molecule has 28 heavy (non-hydrogen) atoms. The van der Waals surface area contributed by atoms with E-state index in [4.69, 9.17) is 0 Å². The Morgan fingerprint density at radius 2 is 1.29 bits per heavy atom. The van der Waals surface area contributed by atoms with Crippen LogP contribution in [0.1, 0.15) is 71.1 Å². The molecule has 2 aromatic carbocycles. The molecule has 0 saturated heterocycles. The molecular formula is C25H30O3. The summed E-state index contributed by atoms with van der Waals surface area (Å²) < 4.78 is 4.68. The third-order valence-electron chi connectivity index (χ3n) is 5.62. The first-order valence-electron chi connectivity index (χ1n) is 10.5. The van der Waals surface area contributed by atoms with E-state index in [2.05, 4.69) is 47.2 Å². The number of carbonyl (C=O) groups excluding carboxylic acids is 2. The maximum absolute atomic E-state index is 12.8. The molecule has 0 unspecified atom stereocenters. The Hall–Kier alpha value is -2.42. The van der Waals surface area contributed by atoms with Gasteiger partial charge in [0, 0.05) is 12.0 Å². The molecule has 0 aromatic heterocycles. The number of hydrogen-bond acceptors (Lipinski definition) is 3. The van der Waals surface area contributed by atoms with Crippen molar-refractivity contribution in [3.63, 3.8) is 0 Å². The fourth-order valence-corrected chi connectivity index (χ4v) is 3.88. The Morgan fingerprint density at radius 1 is 0.750 bits per heavy atom. The molecule has 3 nitrogen and oxygen atoms in total. The summed E-state index contributed by atoms with van der Waals surface area (Å²) in [6, 6.07) is 15.4. The molecule has 0 spiro atoms. The fourth-order valence-electron chi connectivity index (χ4n) is 3.88. The van der Waals surface area contributed by atoms with Gasteiger partial charge in [0.1, 0.15) is 0 Å². The lowest BCUT2D eigenvalue weighted by molar-refractivity contribution is -0.140. The molecule has 0 saturated carbocycles. The Kier molecular flexibility index (Phi) is 7.41. The van der Waals surface area contributed by atoms with Gasteiger partial charge in [0.15, 0.2) is 5.78 Å². The number of rotatable bonds is 4. The lowest BCUT2D eigenvalue weighted by Gasteiger charge is -2.13. The van der Waals surface area contributed by atoms with E-state index >= 15 is 0 Å². The van der Waals surface area contributed by atoms with Crippen molar-refractivity contribution in [2.75, 3.05) is 7.11 Å². The zero-order valence-corrected chi connectivity index (χ0v) is 16.8. The number of methoxy groups -OCH3 is 1. The normalized spacial score (nSPS) is 14.8. The second-order valence-corrected chi connectivity index (χ2v) is 7.72. The van der Waals surface area contributed by atoms with Crippen LogP contribution in [0.2, 0.25) is 0 Å². The smallest absolute Gasteiger partial charge is 0.305 e. The van der Waals surface area contributed by atoms with Crippen LogP contribution in [0, 0.1) is 0 Å². The monoisotopic (exact) mass is 378 g/mol. The third kappa shape index (κ3) is 5.79. The highest BCUT2D eigenvalue weighted by Gasteiger charge is 2.15. The fraction of sp³-hybridized carbons (Fsp3) is 0.440. The number of hydrogen-bond donors (Lipinski definition) is 0. The molecule has 0 heterocycles.